The number of carbonyl (C=O) groups is 1. The lowest BCUT2D eigenvalue weighted by Crippen LogP contribution is -2.37. The van der Waals surface area contributed by atoms with E-state index >= 15 is 0 Å². The summed E-state index contributed by atoms with van der Waals surface area (Å²) < 4.78 is 0. The summed E-state index contributed by atoms with van der Waals surface area (Å²) in [7, 11) is 0. The van der Waals surface area contributed by atoms with Gasteiger partial charge in [0, 0.05) is 17.8 Å². The standard InChI is InChI=1S/C12H16ClN3O3/c1-3-8(4-2)14-12(17)15-9-5-6-10(13)11(7-9)16(18)19/h5-8H,3-4H2,1-2H3,(H2,14,15,17). The molecule has 0 aromatic heterocycles. The number of carbonyl (C=O) groups excluding carboxylic acids is 1. The van der Waals surface area contributed by atoms with Crippen LogP contribution in [0.5, 0.6) is 0 Å². The van der Waals surface area contributed by atoms with E-state index in [0.717, 1.165) is 12.8 Å². The fourth-order valence-corrected chi connectivity index (χ4v) is 1.76. The zero-order chi connectivity index (χ0) is 14.4. The van der Waals surface area contributed by atoms with Crippen molar-refractivity contribution in [3.63, 3.8) is 0 Å². The number of hydrogen-bond acceptors (Lipinski definition) is 3. The highest BCUT2D eigenvalue weighted by Gasteiger charge is 2.14. The van der Waals surface area contributed by atoms with Gasteiger partial charge < -0.3 is 10.6 Å². The van der Waals surface area contributed by atoms with Crippen molar-refractivity contribution < 1.29 is 9.72 Å². The van der Waals surface area contributed by atoms with Gasteiger partial charge >= 0.3 is 6.03 Å². The minimum absolute atomic E-state index is 0.0379. The number of rotatable bonds is 5. The highest BCUT2D eigenvalue weighted by atomic mass is 35.5. The lowest BCUT2D eigenvalue weighted by molar-refractivity contribution is -0.384. The van der Waals surface area contributed by atoms with Gasteiger partial charge in [-0.2, -0.15) is 0 Å². The van der Waals surface area contributed by atoms with Gasteiger partial charge in [0.1, 0.15) is 5.02 Å². The molecule has 104 valence electrons. The van der Waals surface area contributed by atoms with Gasteiger partial charge in [0.15, 0.2) is 0 Å². The SMILES string of the molecule is CCC(CC)NC(=O)Nc1ccc(Cl)c([N+](=O)[O-])c1. The van der Waals surface area contributed by atoms with E-state index in [9.17, 15) is 14.9 Å². The Morgan fingerprint density at radius 3 is 2.58 bits per heavy atom. The third-order valence-electron chi connectivity index (χ3n) is 2.72. The van der Waals surface area contributed by atoms with Crippen molar-refractivity contribution >= 4 is 29.0 Å². The van der Waals surface area contributed by atoms with Crippen LogP contribution in [-0.4, -0.2) is 17.0 Å². The first-order valence-electron chi connectivity index (χ1n) is 5.99. The Labute approximate surface area is 116 Å². The smallest absolute Gasteiger partial charge is 0.319 e. The first kappa shape index (κ1) is 15.2. The van der Waals surface area contributed by atoms with Crippen molar-refractivity contribution in [2.24, 2.45) is 0 Å². The summed E-state index contributed by atoms with van der Waals surface area (Å²) in [5.74, 6) is 0. The fraction of sp³-hybridized carbons (Fsp3) is 0.417. The Hall–Kier alpha value is -1.82. The molecule has 0 unspecified atom stereocenters. The lowest BCUT2D eigenvalue weighted by atomic mass is 10.2. The molecule has 2 N–H and O–H groups in total. The van der Waals surface area contributed by atoms with Crippen LogP contribution in [-0.2, 0) is 0 Å². The molecule has 0 spiro atoms. The highest BCUT2D eigenvalue weighted by molar-refractivity contribution is 6.32. The number of halogens is 1. The third kappa shape index (κ3) is 4.40. The number of nitrogens with one attached hydrogen (secondary N) is 2. The quantitative estimate of drug-likeness (QED) is 0.641. The van der Waals surface area contributed by atoms with Crippen LogP contribution in [0.2, 0.25) is 5.02 Å². The van der Waals surface area contributed by atoms with Crippen molar-refractivity contribution in [3.05, 3.63) is 33.3 Å². The summed E-state index contributed by atoms with van der Waals surface area (Å²) in [6.45, 7) is 3.95. The molecule has 0 radical (unpaired) electrons. The van der Waals surface area contributed by atoms with Crippen LogP contribution >= 0.6 is 11.6 Å². The van der Waals surface area contributed by atoms with E-state index in [1.54, 1.807) is 0 Å². The van der Waals surface area contributed by atoms with Gasteiger partial charge in [-0.15, -0.1) is 0 Å². The molecule has 19 heavy (non-hydrogen) atoms. The van der Waals surface area contributed by atoms with E-state index in [1.165, 1.54) is 18.2 Å². The maximum Gasteiger partial charge on any atom is 0.319 e. The Kier molecular flexibility index (Phi) is 5.57. The van der Waals surface area contributed by atoms with Crippen LogP contribution in [0, 0.1) is 10.1 Å². The zero-order valence-electron chi connectivity index (χ0n) is 10.8. The second kappa shape index (κ2) is 6.94. The van der Waals surface area contributed by atoms with Crippen molar-refractivity contribution in [3.8, 4) is 0 Å². The van der Waals surface area contributed by atoms with Crippen LogP contribution in [0.1, 0.15) is 26.7 Å². The molecular weight excluding hydrogens is 270 g/mol. The molecule has 1 aromatic carbocycles. The number of nitro groups is 1. The largest absolute Gasteiger partial charge is 0.335 e. The van der Waals surface area contributed by atoms with Crippen molar-refractivity contribution in [1.82, 2.24) is 5.32 Å². The molecule has 0 heterocycles. The molecule has 0 aliphatic rings. The molecule has 1 rings (SSSR count). The van der Waals surface area contributed by atoms with E-state index < -0.39 is 4.92 Å². The van der Waals surface area contributed by atoms with E-state index in [1.807, 2.05) is 13.8 Å². The molecule has 6 nitrogen and oxygen atoms in total. The maximum absolute atomic E-state index is 11.7. The van der Waals surface area contributed by atoms with E-state index in [0.29, 0.717) is 5.69 Å². The molecule has 1 aromatic rings. The number of nitro benzene ring substituents is 1. The Bertz CT molecular complexity index is 475. The summed E-state index contributed by atoms with van der Waals surface area (Å²) >= 11 is 5.69. The molecule has 0 saturated carbocycles. The van der Waals surface area contributed by atoms with Gasteiger partial charge in [-0.1, -0.05) is 25.4 Å². The lowest BCUT2D eigenvalue weighted by Gasteiger charge is -2.15. The topological polar surface area (TPSA) is 84.3 Å². The summed E-state index contributed by atoms with van der Waals surface area (Å²) in [6.07, 6.45) is 1.65. The van der Waals surface area contributed by atoms with Gasteiger partial charge in [-0.25, -0.2) is 4.79 Å². The van der Waals surface area contributed by atoms with Crippen LogP contribution < -0.4 is 10.6 Å². The summed E-state index contributed by atoms with van der Waals surface area (Å²) in [5, 5.41) is 16.1. The highest BCUT2D eigenvalue weighted by Crippen LogP contribution is 2.27. The molecule has 0 aliphatic carbocycles. The Balaban J connectivity index is 2.74. The molecule has 7 heteroatoms. The Morgan fingerprint density at radius 2 is 2.05 bits per heavy atom. The number of urea groups is 1. The normalized spacial score (nSPS) is 10.3. The minimum atomic E-state index is -0.591. The van der Waals surface area contributed by atoms with Crippen molar-refractivity contribution in [2.75, 3.05) is 5.32 Å². The van der Waals surface area contributed by atoms with E-state index in [4.69, 9.17) is 11.6 Å². The number of hydrogen-bond donors (Lipinski definition) is 2. The molecule has 0 saturated heterocycles. The van der Waals surface area contributed by atoms with Crippen molar-refractivity contribution in [1.29, 1.82) is 0 Å². The molecule has 0 fully saturated rings. The van der Waals surface area contributed by atoms with Crippen LogP contribution in [0.25, 0.3) is 0 Å². The molecule has 2 amide bonds. The molecule has 0 bridgehead atoms. The zero-order valence-corrected chi connectivity index (χ0v) is 11.5. The third-order valence-corrected chi connectivity index (χ3v) is 3.04. The van der Waals surface area contributed by atoms with Crippen LogP contribution in [0.15, 0.2) is 18.2 Å². The number of anilines is 1. The average Bonchev–Trinajstić information content (AvgIpc) is 2.37. The summed E-state index contributed by atoms with van der Waals surface area (Å²) in [5.41, 5.74) is 0.0987. The first-order valence-corrected chi connectivity index (χ1v) is 6.37. The second-order valence-electron chi connectivity index (χ2n) is 4.04. The molecule has 0 aliphatic heterocycles. The summed E-state index contributed by atoms with van der Waals surface area (Å²) in [4.78, 5) is 21.8. The number of amides is 2. The van der Waals surface area contributed by atoms with Gasteiger partial charge in [0.25, 0.3) is 5.69 Å². The van der Waals surface area contributed by atoms with Crippen molar-refractivity contribution in [2.45, 2.75) is 32.7 Å². The van der Waals surface area contributed by atoms with Crippen LogP contribution in [0.3, 0.4) is 0 Å². The molecular formula is C12H16ClN3O3. The first-order chi connectivity index (χ1) is 8.97. The Morgan fingerprint density at radius 1 is 1.42 bits per heavy atom. The predicted molar refractivity (Wildman–Crippen MR) is 74.6 cm³/mol. The second-order valence-corrected chi connectivity index (χ2v) is 4.44. The predicted octanol–water partition coefficient (Wildman–Crippen LogP) is 3.56. The molecule has 0 atom stereocenters. The average molecular weight is 286 g/mol. The van der Waals surface area contributed by atoms with Gasteiger partial charge in [0.05, 0.1) is 4.92 Å². The van der Waals surface area contributed by atoms with Crippen LogP contribution in [0.4, 0.5) is 16.2 Å². The van der Waals surface area contributed by atoms with Gasteiger partial charge in [-0.05, 0) is 25.0 Å². The maximum atomic E-state index is 11.7. The van der Waals surface area contributed by atoms with E-state index in [2.05, 4.69) is 10.6 Å². The number of benzene rings is 1. The monoisotopic (exact) mass is 285 g/mol. The van der Waals surface area contributed by atoms with E-state index in [-0.39, 0.29) is 22.8 Å². The minimum Gasteiger partial charge on any atom is -0.335 e. The van der Waals surface area contributed by atoms with Gasteiger partial charge in [0.2, 0.25) is 0 Å². The fourth-order valence-electron chi connectivity index (χ4n) is 1.58. The number of nitrogens with zero attached hydrogens (tertiary/aromatic N) is 1. The summed E-state index contributed by atoms with van der Waals surface area (Å²) in [6, 6.07) is 3.83. The van der Waals surface area contributed by atoms with Gasteiger partial charge in [-0.3, -0.25) is 10.1 Å².